The highest BCUT2D eigenvalue weighted by Crippen LogP contribution is 2.15. The lowest BCUT2D eigenvalue weighted by atomic mass is 10.2. The average molecular weight is 267 g/mol. The number of pyridine rings is 1. The number of carbonyl (C=O) groups is 1. The minimum Gasteiger partial charge on any atom is -0.378 e. The summed E-state index contributed by atoms with van der Waals surface area (Å²) in [5, 5.41) is 5.53. The molecule has 0 radical (unpaired) electrons. The Kier molecular flexibility index (Phi) is 4.68. The lowest BCUT2D eigenvalue weighted by Gasteiger charge is -2.11. The number of aromatic nitrogens is 1. The van der Waals surface area contributed by atoms with E-state index in [1.54, 1.807) is 7.05 Å². The fraction of sp³-hybridized carbons (Fsp3) is 0.538. The first-order valence-electron chi connectivity index (χ1n) is 6.44. The maximum absolute atomic E-state index is 13.1. The second-order valence-electron chi connectivity index (χ2n) is 4.48. The summed E-state index contributed by atoms with van der Waals surface area (Å²) in [6.07, 6.45) is 4.21. The summed E-state index contributed by atoms with van der Waals surface area (Å²) in [6.45, 7) is 1.32. The van der Waals surface area contributed by atoms with Crippen LogP contribution >= 0.6 is 0 Å². The lowest BCUT2D eigenvalue weighted by molar-refractivity contribution is 0.0907. The zero-order chi connectivity index (χ0) is 13.7. The number of nitrogens with zero attached hydrogens (tertiary/aromatic N) is 1. The van der Waals surface area contributed by atoms with E-state index in [4.69, 9.17) is 4.74 Å². The molecule has 1 fully saturated rings. The van der Waals surface area contributed by atoms with E-state index in [0.717, 1.165) is 32.1 Å². The molecule has 0 saturated carbocycles. The van der Waals surface area contributed by atoms with Gasteiger partial charge in [0.25, 0.3) is 5.91 Å². The molecular formula is C13H18FN3O2. The molecule has 104 valence electrons. The first-order chi connectivity index (χ1) is 9.20. The highest BCUT2D eigenvalue weighted by molar-refractivity contribution is 5.98. The van der Waals surface area contributed by atoms with Crippen LogP contribution in [0.1, 0.15) is 29.6 Å². The summed E-state index contributed by atoms with van der Waals surface area (Å²) in [4.78, 5) is 15.8. The van der Waals surface area contributed by atoms with Crippen molar-refractivity contribution in [3.8, 4) is 0 Å². The molecule has 5 nitrogen and oxygen atoms in total. The second-order valence-corrected chi connectivity index (χ2v) is 4.48. The third-order valence-corrected chi connectivity index (χ3v) is 3.11. The SMILES string of the molecule is CNc1ncc(F)cc1C(=O)NCCC1CCCO1. The highest BCUT2D eigenvalue weighted by atomic mass is 19.1. The van der Waals surface area contributed by atoms with E-state index in [1.807, 2.05) is 0 Å². The van der Waals surface area contributed by atoms with Crippen LogP contribution in [0.3, 0.4) is 0 Å². The van der Waals surface area contributed by atoms with Crippen molar-refractivity contribution in [3.63, 3.8) is 0 Å². The van der Waals surface area contributed by atoms with E-state index in [2.05, 4.69) is 15.6 Å². The average Bonchev–Trinajstić information content (AvgIpc) is 2.91. The van der Waals surface area contributed by atoms with Crippen LogP contribution < -0.4 is 10.6 Å². The van der Waals surface area contributed by atoms with Crippen molar-refractivity contribution in [2.75, 3.05) is 25.5 Å². The van der Waals surface area contributed by atoms with Crippen LogP contribution in [0, 0.1) is 5.82 Å². The quantitative estimate of drug-likeness (QED) is 0.850. The van der Waals surface area contributed by atoms with Crippen LogP contribution in [-0.4, -0.2) is 37.2 Å². The van der Waals surface area contributed by atoms with E-state index in [-0.39, 0.29) is 17.6 Å². The van der Waals surface area contributed by atoms with Crippen LogP contribution in [0.4, 0.5) is 10.2 Å². The van der Waals surface area contributed by atoms with Crippen LogP contribution in [0.2, 0.25) is 0 Å². The normalized spacial score (nSPS) is 18.3. The largest absolute Gasteiger partial charge is 0.378 e. The molecule has 0 spiro atoms. The number of anilines is 1. The Morgan fingerprint density at radius 1 is 1.63 bits per heavy atom. The number of carbonyl (C=O) groups excluding carboxylic acids is 1. The topological polar surface area (TPSA) is 63.2 Å². The van der Waals surface area contributed by atoms with Gasteiger partial charge in [-0.2, -0.15) is 0 Å². The molecule has 1 unspecified atom stereocenters. The van der Waals surface area contributed by atoms with Crippen LogP contribution in [0.25, 0.3) is 0 Å². The Morgan fingerprint density at radius 3 is 3.16 bits per heavy atom. The molecule has 1 amide bonds. The molecule has 0 aromatic carbocycles. The summed E-state index contributed by atoms with van der Waals surface area (Å²) in [5.41, 5.74) is 0.217. The number of hydrogen-bond donors (Lipinski definition) is 2. The number of halogens is 1. The lowest BCUT2D eigenvalue weighted by Crippen LogP contribution is -2.28. The molecule has 2 rings (SSSR count). The summed E-state index contributed by atoms with van der Waals surface area (Å²) in [7, 11) is 1.64. The Hall–Kier alpha value is -1.69. The molecule has 6 heteroatoms. The summed E-state index contributed by atoms with van der Waals surface area (Å²) in [6, 6.07) is 1.18. The van der Waals surface area contributed by atoms with Crippen molar-refractivity contribution in [2.45, 2.75) is 25.4 Å². The van der Waals surface area contributed by atoms with Gasteiger partial charge >= 0.3 is 0 Å². The zero-order valence-electron chi connectivity index (χ0n) is 10.9. The predicted octanol–water partition coefficient (Wildman–Crippen LogP) is 1.56. The molecule has 1 atom stereocenters. The zero-order valence-corrected chi connectivity index (χ0v) is 10.9. The van der Waals surface area contributed by atoms with Crippen molar-refractivity contribution < 1.29 is 13.9 Å². The molecule has 1 aliphatic heterocycles. The van der Waals surface area contributed by atoms with Crippen LogP contribution in [0.15, 0.2) is 12.3 Å². The van der Waals surface area contributed by atoms with Crippen molar-refractivity contribution in [2.24, 2.45) is 0 Å². The Balaban J connectivity index is 1.89. The fourth-order valence-corrected chi connectivity index (χ4v) is 2.13. The summed E-state index contributed by atoms with van der Waals surface area (Å²) >= 11 is 0. The summed E-state index contributed by atoms with van der Waals surface area (Å²) < 4.78 is 18.6. The van der Waals surface area contributed by atoms with Gasteiger partial charge in [0.15, 0.2) is 0 Å². The molecule has 1 aliphatic rings. The van der Waals surface area contributed by atoms with Gasteiger partial charge in [0.05, 0.1) is 17.9 Å². The molecule has 0 bridgehead atoms. The maximum Gasteiger partial charge on any atom is 0.255 e. The van der Waals surface area contributed by atoms with Gasteiger partial charge in [0, 0.05) is 20.2 Å². The van der Waals surface area contributed by atoms with Crippen molar-refractivity contribution in [1.29, 1.82) is 0 Å². The molecule has 1 aromatic heterocycles. The minimum absolute atomic E-state index is 0.217. The Morgan fingerprint density at radius 2 is 2.47 bits per heavy atom. The van der Waals surface area contributed by atoms with Gasteiger partial charge in [-0.25, -0.2) is 9.37 Å². The van der Waals surface area contributed by atoms with Gasteiger partial charge < -0.3 is 15.4 Å². The maximum atomic E-state index is 13.1. The molecule has 19 heavy (non-hydrogen) atoms. The molecule has 0 aliphatic carbocycles. The summed E-state index contributed by atoms with van der Waals surface area (Å²) in [5.74, 6) is -0.478. The van der Waals surface area contributed by atoms with E-state index < -0.39 is 5.82 Å². The Labute approximate surface area is 111 Å². The van der Waals surface area contributed by atoms with E-state index in [9.17, 15) is 9.18 Å². The Bertz CT molecular complexity index is 448. The highest BCUT2D eigenvalue weighted by Gasteiger charge is 2.17. The minimum atomic E-state index is -0.525. The number of hydrogen-bond acceptors (Lipinski definition) is 4. The van der Waals surface area contributed by atoms with Crippen LogP contribution in [0.5, 0.6) is 0 Å². The first kappa shape index (κ1) is 13.7. The standard InChI is InChI=1S/C13H18FN3O2/c1-15-12-11(7-9(14)8-17-12)13(18)16-5-4-10-3-2-6-19-10/h7-8,10H,2-6H2,1H3,(H,15,17)(H,16,18). The van der Waals surface area contributed by atoms with E-state index in [0.29, 0.717) is 12.4 Å². The van der Waals surface area contributed by atoms with Crippen molar-refractivity contribution >= 4 is 11.7 Å². The first-order valence-corrected chi connectivity index (χ1v) is 6.44. The van der Waals surface area contributed by atoms with Crippen molar-refractivity contribution in [3.05, 3.63) is 23.6 Å². The van der Waals surface area contributed by atoms with E-state index in [1.165, 1.54) is 6.07 Å². The third-order valence-electron chi connectivity index (χ3n) is 3.11. The van der Waals surface area contributed by atoms with Gasteiger partial charge in [0.1, 0.15) is 11.6 Å². The number of ether oxygens (including phenoxy) is 1. The van der Waals surface area contributed by atoms with Gasteiger partial charge in [-0.05, 0) is 25.3 Å². The van der Waals surface area contributed by atoms with Gasteiger partial charge in [-0.15, -0.1) is 0 Å². The number of amides is 1. The second kappa shape index (κ2) is 6.47. The van der Waals surface area contributed by atoms with Crippen LogP contribution in [-0.2, 0) is 4.74 Å². The fourth-order valence-electron chi connectivity index (χ4n) is 2.13. The number of nitrogens with one attached hydrogen (secondary N) is 2. The molecule has 2 N–H and O–H groups in total. The monoisotopic (exact) mass is 267 g/mol. The smallest absolute Gasteiger partial charge is 0.255 e. The molecular weight excluding hydrogens is 249 g/mol. The third kappa shape index (κ3) is 3.64. The molecule has 1 aromatic rings. The molecule has 1 saturated heterocycles. The number of rotatable bonds is 5. The molecule has 2 heterocycles. The van der Waals surface area contributed by atoms with E-state index >= 15 is 0 Å². The van der Waals surface area contributed by atoms with Crippen molar-refractivity contribution in [1.82, 2.24) is 10.3 Å². The van der Waals surface area contributed by atoms with Gasteiger partial charge in [0.2, 0.25) is 0 Å². The predicted molar refractivity (Wildman–Crippen MR) is 69.7 cm³/mol. The van der Waals surface area contributed by atoms with Gasteiger partial charge in [-0.3, -0.25) is 4.79 Å². The van der Waals surface area contributed by atoms with Gasteiger partial charge in [-0.1, -0.05) is 0 Å².